The Kier molecular flexibility index (Phi) is 10.8. The predicted octanol–water partition coefficient (Wildman–Crippen LogP) is 2.09. The lowest BCUT2D eigenvalue weighted by Crippen LogP contribution is -2.56. The van der Waals surface area contributed by atoms with Crippen LogP contribution in [0.25, 0.3) is 5.69 Å². The van der Waals surface area contributed by atoms with Gasteiger partial charge in [0.1, 0.15) is 11.8 Å². The first-order valence-corrected chi connectivity index (χ1v) is 14.8. The van der Waals surface area contributed by atoms with Gasteiger partial charge >= 0.3 is 18.0 Å². The molecule has 1 N–H and O–H groups in total. The molecule has 4 rings (SSSR count). The van der Waals surface area contributed by atoms with Gasteiger partial charge < -0.3 is 34.1 Å². The largest absolute Gasteiger partial charge is 0.475 e. The first-order chi connectivity index (χ1) is 21.2. The molecule has 2 fully saturated rings. The maximum absolute atomic E-state index is 13.4. The molecule has 0 radical (unpaired) electrons. The summed E-state index contributed by atoms with van der Waals surface area (Å²) in [6, 6.07) is 7.48. The Morgan fingerprint density at radius 1 is 0.977 bits per heavy atom. The molecule has 14 nitrogen and oxygen atoms in total. The molecule has 238 valence electrons. The monoisotopic (exact) mass is 613 g/mol. The lowest BCUT2D eigenvalue weighted by Gasteiger charge is -2.39. The molecule has 14 heteroatoms. The van der Waals surface area contributed by atoms with Gasteiger partial charge in [-0.25, -0.2) is 14.3 Å². The van der Waals surface area contributed by atoms with Crippen molar-refractivity contribution in [2.45, 2.75) is 57.6 Å². The number of nitrogens with one attached hydrogen (secondary N) is 1. The van der Waals surface area contributed by atoms with Gasteiger partial charge in [-0.3, -0.25) is 14.4 Å². The Bertz CT molecular complexity index is 1350. The number of benzene rings is 1. The number of carbonyl (C=O) groups is 5. The van der Waals surface area contributed by atoms with Crippen LogP contribution >= 0.6 is 0 Å². The van der Waals surface area contributed by atoms with E-state index in [0.717, 1.165) is 6.42 Å². The third-order valence-corrected chi connectivity index (χ3v) is 7.61. The molecule has 1 aliphatic carbocycles. The number of rotatable bonds is 12. The van der Waals surface area contributed by atoms with Crippen LogP contribution in [0.2, 0.25) is 0 Å². The number of esters is 2. The highest BCUT2D eigenvalue weighted by Crippen LogP contribution is 2.38. The van der Waals surface area contributed by atoms with Crippen LogP contribution < -0.4 is 10.1 Å². The number of amides is 3. The third kappa shape index (κ3) is 7.66. The molecule has 1 atom stereocenters. The fraction of sp³-hybridized carbons (Fsp3) is 0.533. The zero-order chi connectivity index (χ0) is 31.7. The molecular formula is C30H39N5O9. The summed E-state index contributed by atoms with van der Waals surface area (Å²) in [5.41, 5.74) is -0.347. The molecule has 0 spiro atoms. The molecule has 0 unspecified atom stereocenters. The van der Waals surface area contributed by atoms with Gasteiger partial charge in [0.05, 0.1) is 26.0 Å². The van der Waals surface area contributed by atoms with Crippen LogP contribution in [0, 0.1) is 0 Å². The highest BCUT2D eigenvalue weighted by molar-refractivity contribution is 5.96. The highest BCUT2D eigenvalue weighted by Gasteiger charge is 2.48. The van der Waals surface area contributed by atoms with E-state index in [1.165, 1.54) is 22.8 Å². The molecule has 0 bridgehead atoms. The minimum Gasteiger partial charge on any atom is -0.475 e. The minimum absolute atomic E-state index is 0.0254. The average molecular weight is 614 g/mol. The Balaban J connectivity index is 1.43. The van der Waals surface area contributed by atoms with Gasteiger partial charge in [0.25, 0.3) is 5.91 Å². The van der Waals surface area contributed by atoms with E-state index in [1.54, 1.807) is 49.2 Å². The Hall–Kier alpha value is -4.62. The van der Waals surface area contributed by atoms with Crippen LogP contribution in [0.5, 0.6) is 5.75 Å². The normalized spacial score (nSPS) is 16.2. The summed E-state index contributed by atoms with van der Waals surface area (Å²) in [5, 5.41) is 7.10. The maximum Gasteiger partial charge on any atom is 0.409 e. The number of ether oxygens (including phenoxy) is 4. The Labute approximate surface area is 255 Å². The van der Waals surface area contributed by atoms with Gasteiger partial charge in [0, 0.05) is 44.9 Å². The van der Waals surface area contributed by atoms with Crippen LogP contribution in [0.1, 0.15) is 56.4 Å². The van der Waals surface area contributed by atoms with Crippen LogP contribution in [0.3, 0.4) is 0 Å². The third-order valence-electron chi connectivity index (χ3n) is 7.61. The fourth-order valence-electron chi connectivity index (χ4n) is 5.01. The standard InChI is InChI=1S/C30H39N5O9/c1-4-42-28(39)30(13-7-14-30)44-22-9-6-8-21(20-22)35-15-12-23(32-35)26(37)31-24(10-11-25(36)41-3)27(38)33-16-18-34(19-17-33)29(40)43-5-2/h6,8-9,12,15,20,24H,4-5,7,10-11,13-14,16-19H2,1-3H3,(H,31,37)/t24-/m0/s1. The van der Waals surface area contributed by atoms with Crippen LogP contribution in [0.15, 0.2) is 36.5 Å². The molecule has 1 aromatic heterocycles. The second-order valence-corrected chi connectivity index (χ2v) is 10.5. The Morgan fingerprint density at radius 3 is 2.32 bits per heavy atom. The summed E-state index contributed by atoms with van der Waals surface area (Å²) >= 11 is 0. The number of aromatic nitrogens is 2. The van der Waals surface area contributed by atoms with E-state index in [0.29, 0.717) is 24.3 Å². The molecule has 3 amide bonds. The van der Waals surface area contributed by atoms with Gasteiger partial charge in [-0.2, -0.15) is 5.10 Å². The summed E-state index contributed by atoms with van der Waals surface area (Å²) in [6.45, 7) is 5.09. The second kappa shape index (κ2) is 14.7. The van der Waals surface area contributed by atoms with E-state index in [2.05, 4.69) is 10.4 Å². The van der Waals surface area contributed by atoms with Crippen molar-refractivity contribution in [2.75, 3.05) is 46.5 Å². The van der Waals surface area contributed by atoms with E-state index in [-0.39, 0.29) is 69.8 Å². The molecule has 2 aliphatic rings. The van der Waals surface area contributed by atoms with E-state index < -0.39 is 29.6 Å². The van der Waals surface area contributed by atoms with Gasteiger partial charge in [-0.15, -0.1) is 0 Å². The number of carbonyl (C=O) groups excluding carboxylic acids is 5. The quantitative estimate of drug-likeness (QED) is 0.278. The summed E-state index contributed by atoms with van der Waals surface area (Å²) in [4.78, 5) is 66.1. The van der Waals surface area contributed by atoms with Crippen molar-refractivity contribution in [3.8, 4) is 11.4 Å². The Morgan fingerprint density at radius 2 is 1.68 bits per heavy atom. The van der Waals surface area contributed by atoms with Crippen LogP contribution in [0.4, 0.5) is 4.79 Å². The van der Waals surface area contributed by atoms with Gasteiger partial charge in [0.15, 0.2) is 5.69 Å². The molecule has 1 saturated heterocycles. The van der Waals surface area contributed by atoms with Crippen molar-refractivity contribution in [1.82, 2.24) is 24.9 Å². The summed E-state index contributed by atoms with van der Waals surface area (Å²) < 4.78 is 22.5. The lowest BCUT2D eigenvalue weighted by molar-refractivity contribution is -0.169. The zero-order valence-electron chi connectivity index (χ0n) is 25.3. The first kappa shape index (κ1) is 32.3. The molecule has 2 heterocycles. The molecule has 1 aromatic carbocycles. The fourth-order valence-corrected chi connectivity index (χ4v) is 5.01. The van der Waals surface area contributed by atoms with E-state index >= 15 is 0 Å². The SMILES string of the molecule is CCOC(=O)N1CCN(C(=O)[C@H](CCC(=O)OC)NC(=O)c2ccn(-c3cccc(OC4(C(=O)OCC)CCC4)c3)n2)CC1. The topological polar surface area (TPSA) is 159 Å². The average Bonchev–Trinajstić information content (AvgIpc) is 3.51. The molecule has 44 heavy (non-hydrogen) atoms. The first-order valence-electron chi connectivity index (χ1n) is 14.8. The number of piperazine rings is 1. The molecular weight excluding hydrogens is 574 g/mol. The number of hydrogen-bond acceptors (Lipinski definition) is 10. The highest BCUT2D eigenvalue weighted by atomic mass is 16.6. The van der Waals surface area contributed by atoms with Crippen molar-refractivity contribution in [1.29, 1.82) is 0 Å². The van der Waals surface area contributed by atoms with E-state index in [4.69, 9.17) is 18.9 Å². The van der Waals surface area contributed by atoms with Gasteiger partial charge in [0.2, 0.25) is 11.5 Å². The van der Waals surface area contributed by atoms with Gasteiger partial charge in [-0.05, 0) is 57.7 Å². The van der Waals surface area contributed by atoms with Crippen LogP contribution in [-0.2, 0) is 28.6 Å². The van der Waals surface area contributed by atoms with Crippen molar-refractivity contribution in [3.63, 3.8) is 0 Å². The smallest absolute Gasteiger partial charge is 0.409 e. The van der Waals surface area contributed by atoms with Crippen molar-refractivity contribution in [2.24, 2.45) is 0 Å². The number of methoxy groups -OCH3 is 1. The summed E-state index contributed by atoms with van der Waals surface area (Å²) in [7, 11) is 1.25. The van der Waals surface area contributed by atoms with E-state index in [9.17, 15) is 24.0 Å². The summed E-state index contributed by atoms with van der Waals surface area (Å²) in [5.74, 6) is -1.40. The predicted molar refractivity (Wildman–Crippen MR) is 155 cm³/mol. The lowest BCUT2D eigenvalue weighted by atomic mass is 9.80. The molecule has 1 saturated carbocycles. The van der Waals surface area contributed by atoms with Crippen molar-refractivity contribution >= 4 is 29.8 Å². The van der Waals surface area contributed by atoms with E-state index in [1.807, 2.05) is 0 Å². The van der Waals surface area contributed by atoms with Crippen molar-refractivity contribution in [3.05, 3.63) is 42.2 Å². The zero-order valence-corrected chi connectivity index (χ0v) is 25.3. The number of nitrogens with zero attached hydrogens (tertiary/aromatic N) is 4. The second-order valence-electron chi connectivity index (χ2n) is 10.5. The van der Waals surface area contributed by atoms with Gasteiger partial charge in [-0.1, -0.05) is 6.07 Å². The number of hydrogen-bond donors (Lipinski definition) is 1. The maximum atomic E-state index is 13.4. The van der Waals surface area contributed by atoms with Crippen LogP contribution in [-0.4, -0.2) is 108 Å². The molecule has 2 aromatic rings. The molecule has 1 aliphatic heterocycles. The van der Waals surface area contributed by atoms with Crippen molar-refractivity contribution < 1.29 is 42.9 Å². The minimum atomic E-state index is -1.01. The summed E-state index contributed by atoms with van der Waals surface area (Å²) in [6.07, 6.45) is 3.10.